The van der Waals surface area contributed by atoms with Gasteiger partial charge in [0.25, 0.3) is 0 Å². The van der Waals surface area contributed by atoms with Crippen molar-refractivity contribution in [3.63, 3.8) is 0 Å². The number of carbonyl (C=O) groups is 2. The molecule has 0 radical (unpaired) electrons. The Morgan fingerprint density at radius 3 is 2.41 bits per heavy atom. The van der Waals surface area contributed by atoms with Crippen molar-refractivity contribution < 1.29 is 22.8 Å². The molecule has 0 aromatic rings. The van der Waals surface area contributed by atoms with Crippen LogP contribution >= 0.6 is 0 Å². The molecule has 1 atom stereocenters. The predicted octanol–water partition coefficient (Wildman–Crippen LogP) is 1.06. The Kier molecular flexibility index (Phi) is 4.00. The maximum Gasteiger partial charge on any atom is 0.471 e. The second kappa shape index (κ2) is 4.93. The summed E-state index contributed by atoms with van der Waals surface area (Å²) < 4.78 is 36.8. The molecule has 0 aromatic carbocycles. The van der Waals surface area contributed by atoms with E-state index in [-0.39, 0.29) is 19.0 Å². The molecule has 1 aliphatic heterocycles. The van der Waals surface area contributed by atoms with Crippen LogP contribution in [0.3, 0.4) is 0 Å². The van der Waals surface area contributed by atoms with Crippen LogP contribution in [0.25, 0.3) is 0 Å². The van der Waals surface area contributed by atoms with Crippen LogP contribution in [0.2, 0.25) is 0 Å². The van der Waals surface area contributed by atoms with Crippen molar-refractivity contribution >= 4 is 11.8 Å². The lowest BCUT2D eigenvalue weighted by atomic mass is 10.2. The molecule has 17 heavy (non-hydrogen) atoms. The Morgan fingerprint density at radius 1 is 1.35 bits per heavy atom. The first-order valence-electron chi connectivity index (χ1n) is 5.41. The number of likely N-dealkylation sites (tertiary alicyclic amines) is 1. The zero-order chi connectivity index (χ0) is 13.2. The van der Waals surface area contributed by atoms with Crippen LogP contribution in [0.5, 0.6) is 0 Å². The third kappa shape index (κ3) is 3.34. The van der Waals surface area contributed by atoms with E-state index >= 15 is 0 Å². The fraction of sp³-hybridized carbons (Fsp3) is 0.800. The highest BCUT2D eigenvalue weighted by molar-refractivity contribution is 5.90. The lowest BCUT2D eigenvalue weighted by Crippen LogP contribution is -2.51. The van der Waals surface area contributed by atoms with Crippen LogP contribution in [-0.2, 0) is 9.59 Å². The summed E-state index contributed by atoms with van der Waals surface area (Å²) in [5, 5.41) is 2.52. The SMILES string of the molecule is CC(C)NC(=O)C1CCCN1C(=O)C(F)(F)F. The van der Waals surface area contributed by atoms with Crippen LogP contribution < -0.4 is 5.32 Å². The number of nitrogens with zero attached hydrogens (tertiary/aromatic N) is 1. The monoisotopic (exact) mass is 252 g/mol. The summed E-state index contributed by atoms with van der Waals surface area (Å²) in [5.74, 6) is -2.45. The van der Waals surface area contributed by atoms with Gasteiger partial charge in [0.15, 0.2) is 0 Å². The molecule has 1 saturated heterocycles. The van der Waals surface area contributed by atoms with Crippen molar-refractivity contribution in [3.05, 3.63) is 0 Å². The molecular formula is C10H15F3N2O2. The maximum atomic E-state index is 12.3. The van der Waals surface area contributed by atoms with Gasteiger partial charge in [-0.05, 0) is 26.7 Å². The molecule has 1 fully saturated rings. The van der Waals surface area contributed by atoms with Gasteiger partial charge in [-0.1, -0.05) is 0 Å². The second-order valence-electron chi connectivity index (χ2n) is 4.32. The number of alkyl halides is 3. The highest BCUT2D eigenvalue weighted by Gasteiger charge is 2.47. The number of hydrogen-bond donors (Lipinski definition) is 1. The molecule has 0 bridgehead atoms. The van der Waals surface area contributed by atoms with Gasteiger partial charge in [0.1, 0.15) is 6.04 Å². The number of carbonyl (C=O) groups excluding carboxylic acids is 2. The molecule has 0 aromatic heterocycles. The molecule has 2 amide bonds. The van der Waals surface area contributed by atoms with Crippen molar-refractivity contribution in [2.45, 2.75) is 44.9 Å². The topological polar surface area (TPSA) is 49.4 Å². The third-order valence-corrected chi connectivity index (χ3v) is 2.49. The highest BCUT2D eigenvalue weighted by Crippen LogP contribution is 2.25. The lowest BCUT2D eigenvalue weighted by Gasteiger charge is -2.25. The molecule has 1 rings (SSSR count). The van der Waals surface area contributed by atoms with E-state index in [9.17, 15) is 22.8 Å². The van der Waals surface area contributed by atoms with Gasteiger partial charge in [-0.25, -0.2) is 0 Å². The summed E-state index contributed by atoms with van der Waals surface area (Å²) in [4.78, 5) is 23.3. The van der Waals surface area contributed by atoms with E-state index in [0.717, 1.165) is 0 Å². The molecule has 1 aliphatic rings. The van der Waals surface area contributed by atoms with E-state index in [2.05, 4.69) is 5.32 Å². The number of amides is 2. The van der Waals surface area contributed by atoms with Crippen LogP contribution in [0, 0.1) is 0 Å². The fourth-order valence-corrected chi connectivity index (χ4v) is 1.83. The van der Waals surface area contributed by atoms with Crippen molar-refractivity contribution in [3.8, 4) is 0 Å². The average Bonchev–Trinajstić information content (AvgIpc) is 2.61. The average molecular weight is 252 g/mol. The first-order valence-corrected chi connectivity index (χ1v) is 5.41. The number of nitrogens with one attached hydrogen (secondary N) is 1. The van der Waals surface area contributed by atoms with Crippen molar-refractivity contribution in [1.82, 2.24) is 10.2 Å². The Hall–Kier alpha value is -1.27. The van der Waals surface area contributed by atoms with E-state index in [1.54, 1.807) is 13.8 Å². The predicted molar refractivity (Wildman–Crippen MR) is 54.1 cm³/mol. The molecular weight excluding hydrogens is 237 g/mol. The normalized spacial score (nSPS) is 20.8. The van der Waals surface area contributed by atoms with Gasteiger partial charge in [0.05, 0.1) is 0 Å². The Labute approximate surface area is 97.1 Å². The smallest absolute Gasteiger partial charge is 0.352 e. The summed E-state index contributed by atoms with van der Waals surface area (Å²) in [6.07, 6.45) is -4.22. The van der Waals surface area contributed by atoms with Crippen molar-refractivity contribution in [1.29, 1.82) is 0 Å². The molecule has 4 nitrogen and oxygen atoms in total. The van der Waals surface area contributed by atoms with Gasteiger partial charge in [0.2, 0.25) is 5.91 Å². The third-order valence-electron chi connectivity index (χ3n) is 2.49. The van der Waals surface area contributed by atoms with Crippen molar-refractivity contribution in [2.24, 2.45) is 0 Å². The summed E-state index contributed by atoms with van der Waals surface area (Å²) in [6, 6.07) is -1.16. The molecule has 7 heteroatoms. The van der Waals surface area contributed by atoms with Gasteiger partial charge >= 0.3 is 12.1 Å². The minimum Gasteiger partial charge on any atom is -0.352 e. The Morgan fingerprint density at radius 2 is 1.94 bits per heavy atom. The fourth-order valence-electron chi connectivity index (χ4n) is 1.83. The van der Waals surface area contributed by atoms with E-state index in [1.807, 2.05) is 0 Å². The largest absolute Gasteiger partial charge is 0.471 e. The summed E-state index contributed by atoms with van der Waals surface area (Å²) in [6.45, 7) is 3.40. The summed E-state index contributed by atoms with van der Waals surface area (Å²) >= 11 is 0. The molecule has 1 N–H and O–H groups in total. The molecule has 98 valence electrons. The first kappa shape index (κ1) is 13.8. The van der Waals surface area contributed by atoms with E-state index < -0.39 is 24.0 Å². The van der Waals surface area contributed by atoms with E-state index in [4.69, 9.17) is 0 Å². The van der Waals surface area contributed by atoms with Gasteiger partial charge in [0, 0.05) is 12.6 Å². The minimum atomic E-state index is -4.92. The quantitative estimate of drug-likeness (QED) is 0.799. The molecule has 0 aliphatic carbocycles. The van der Waals surface area contributed by atoms with Crippen LogP contribution in [0.1, 0.15) is 26.7 Å². The van der Waals surface area contributed by atoms with Gasteiger partial charge < -0.3 is 10.2 Å². The number of hydrogen-bond acceptors (Lipinski definition) is 2. The maximum absolute atomic E-state index is 12.3. The first-order chi connectivity index (χ1) is 7.73. The van der Waals surface area contributed by atoms with Crippen LogP contribution in [0.15, 0.2) is 0 Å². The minimum absolute atomic E-state index is 0.0193. The number of halogens is 3. The van der Waals surface area contributed by atoms with Gasteiger partial charge in [-0.2, -0.15) is 13.2 Å². The van der Waals surface area contributed by atoms with Gasteiger partial charge in [-0.15, -0.1) is 0 Å². The van der Waals surface area contributed by atoms with E-state index in [0.29, 0.717) is 11.3 Å². The zero-order valence-electron chi connectivity index (χ0n) is 9.67. The summed E-state index contributed by atoms with van der Waals surface area (Å²) in [7, 11) is 0. The van der Waals surface area contributed by atoms with Gasteiger partial charge in [-0.3, -0.25) is 9.59 Å². The zero-order valence-corrected chi connectivity index (χ0v) is 9.67. The van der Waals surface area contributed by atoms with Crippen LogP contribution in [-0.4, -0.2) is 41.5 Å². The number of rotatable bonds is 2. The Bertz CT molecular complexity index is 315. The molecule has 0 saturated carbocycles. The molecule has 0 spiro atoms. The van der Waals surface area contributed by atoms with Crippen LogP contribution in [0.4, 0.5) is 13.2 Å². The second-order valence-corrected chi connectivity index (χ2v) is 4.32. The van der Waals surface area contributed by atoms with Crippen molar-refractivity contribution in [2.75, 3.05) is 6.54 Å². The highest BCUT2D eigenvalue weighted by atomic mass is 19.4. The lowest BCUT2D eigenvalue weighted by molar-refractivity contribution is -0.186. The molecule has 1 heterocycles. The standard InChI is InChI=1S/C10H15F3N2O2/c1-6(2)14-8(16)7-4-3-5-15(7)9(17)10(11,12)13/h6-7H,3-5H2,1-2H3,(H,14,16). The molecule has 1 unspecified atom stereocenters. The van der Waals surface area contributed by atoms with E-state index in [1.165, 1.54) is 0 Å². The summed E-state index contributed by atoms with van der Waals surface area (Å²) in [5.41, 5.74) is 0. The Balaban J connectivity index is 2.73.